The number of nitrogens with zero attached hydrogens (tertiary/aromatic N) is 1. The maximum absolute atomic E-state index is 12.6. The van der Waals surface area contributed by atoms with Crippen LogP contribution in [0.2, 0.25) is 5.02 Å². The molecule has 0 aliphatic heterocycles. The van der Waals surface area contributed by atoms with E-state index >= 15 is 0 Å². The maximum atomic E-state index is 12.6. The number of ether oxygens (including phenoxy) is 2. The number of hydrogen-bond donors (Lipinski definition) is 1. The summed E-state index contributed by atoms with van der Waals surface area (Å²) in [6, 6.07) is 20.4. The van der Waals surface area contributed by atoms with Crippen LogP contribution in [0.1, 0.15) is 23.6 Å². The lowest BCUT2D eigenvalue weighted by atomic mass is 10.1. The van der Waals surface area contributed by atoms with Gasteiger partial charge in [-0.2, -0.15) is 5.26 Å². The Bertz CT molecular complexity index is 1230. The summed E-state index contributed by atoms with van der Waals surface area (Å²) in [5.74, 6) is 0.654. The van der Waals surface area contributed by atoms with Crippen LogP contribution in [-0.2, 0) is 11.4 Å². The van der Waals surface area contributed by atoms with Gasteiger partial charge in [0.15, 0.2) is 11.5 Å². The van der Waals surface area contributed by atoms with E-state index in [4.69, 9.17) is 21.1 Å². The van der Waals surface area contributed by atoms with Crippen LogP contribution in [0.25, 0.3) is 6.08 Å². The van der Waals surface area contributed by atoms with Crippen LogP contribution in [0.3, 0.4) is 0 Å². The molecule has 0 aliphatic rings. The Morgan fingerprint density at radius 2 is 1.94 bits per heavy atom. The summed E-state index contributed by atoms with van der Waals surface area (Å²) in [4.78, 5) is 12.6. The van der Waals surface area contributed by atoms with Gasteiger partial charge in [0, 0.05) is 10.7 Å². The van der Waals surface area contributed by atoms with E-state index in [9.17, 15) is 10.1 Å². The molecule has 0 aromatic heterocycles. The molecule has 0 fully saturated rings. The van der Waals surface area contributed by atoms with E-state index in [1.54, 1.807) is 30.3 Å². The van der Waals surface area contributed by atoms with Gasteiger partial charge in [-0.3, -0.25) is 4.79 Å². The van der Waals surface area contributed by atoms with E-state index in [2.05, 4.69) is 34.0 Å². The fraction of sp³-hybridized carbons (Fsp3) is 0.154. The molecule has 3 rings (SSSR count). The monoisotopic (exact) mass is 572 g/mol. The minimum atomic E-state index is -0.521. The quantitative estimate of drug-likeness (QED) is 0.184. The van der Waals surface area contributed by atoms with Crippen molar-refractivity contribution in [3.05, 3.63) is 91.5 Å². The summed E-state index contributed by atoms with van der Waals surface area (Å²) < 4.78 is 12.7. The number of carbonyl (C=O) groups excluding carboxylic acids is 1. The minimum absolute atomic E-state index is 0.0401. The molecule has 0 saturated heterocycles. The van der Waals surface area contributed by atoms with Crippen molar-refractivity contribution in [1.82, 2.24) is 0 Å². The molecule has 5 nitrogen and oxygen atoms in total. The molecular formula is C26H22ClIN2O3. The molecule has 7 heteroatoms. The van der Waals surface area contributed by atoms with Crippen molar-refractivity contribution in [2.75, 3.05) is 11.9 Å². The molecule has 1 amide bonds. The predicted molar refractivity (Wildman–Crippen MR) is 140 cm³/mol. The summed E-state index contributed by atoms with van der Waals surface area (Å²) in [5.41, 5.74) is 3.35. The third-order valence-corrected chi connectivity index (χ3v) is 5.59. The maximum Gasteiger partial charge on any atom is 0.266 e. The van der Waals surface area contributed by atoms with Gasteiger partial charge in [0.2, 0.25) is 0 Å². The van der Waals surface area contributed by atoms with Crippen LogP contribution in [0, 0.1) is 21.8 Å². The number of nitrogens with one attached hydrogen (secondary N) is 1. The van der Waals surface area contributed by atoms with Gasteiger partial charge in [-0.1, -0.05) is 47.5 Å². The van der Waals surface area contributed by atoms with E-state index in [1.807, 2.05) is 44.2 Å². The highest BCUT2D eigenvalue weighted by atomic mass is 127. The first-order chi connectivity index (χ1) is 15.9. The largest absolute Gasteiger partial charge is 0.490 e. The fourth-order valence-electron chi connectivity index (χ4n) is 3.11. The van der Waals surface area contributed by atoms with Gasteiger partial charge in [0.1, 0.15) is 18.2 Å². The molecule has 0 heterocycles. The first-order valence-corrected chi connectivity index (χ1v) is 11.7. The zero-order chi connectivity index (χ0) is 23.8. The van der Waals surface area contributed by atoms with Gasteiger partial charge in [-0.05, 0) is 84.0 Å². The molecule has 3 aromatic carbocycles. The van der Waals surface area contributed by atoms with Crippen molar-refractivity contribution in [2.45, 2.75) is 20.5 Å². The lowest BCUT2D eigenvalue weighted by Gasteiger charge is -2.15. The van der Waals surface area contributed by atoms with Crippen LogP contribution in [-0.4, -0.2) is 12.5 Å². The van der Waals surface area contributed by atoms with Gasteiger partial charge in [-0.15, -0.1) is 0 Å². The average molecular weight is 573 g/mol. The zero-order valence-electron chi connectivity index (χ0n) is 18.2. The molecule has 3 aromatic rings. The van der Waals surface area contributed by atoms with Crippen molar-refractivity contribution >= 4 is 51.9 Å². The number of aryl methyl sites for hydroxylation is 1. The Balaban J connectivity index is 1.85. The lowest BCUT2D eigenvalue weighted by Crippen LogP contribution is -2.13. The van der Waals surface area contributed by atoms with Crippen LogP contribution in [0.4, 0.5) is 5.69 Å². The van der Waals surface area contributed by atoms with Gasteiger partial charge in [0.25, 0.3) is 5.91 Å². The van der Waals surface area contributed by atoms with E-state index < -0.39 is 5.91 Å². The number of anilines is 1. The molecule has 0 atom stereocenters. The molecule has 0 bridgehead atoms. The molecule has 1 N–H and O–H groups in total. The summed E-state index contributed by atoms with van der Waals surface area (Å²) in [5, 5.41) is 12.7. The molecule has 0 unspecified atom stereocenters. The van der Waals surface area contributed by atoms with Gasteiger partial charge < -0.3 is 14.8 Å². The Morgan fingerprint density at radius 1 is 1.15 bits per heavy atom. The van der Waals surface area contributed by atoms with Gasteiger partial charge >= 0.3 is 0 Å². The lowest BCUT2D eigenvalue weighted by molar-refractivity contribution is -0.112. The SMILES string of the molecule is CCOc1cc(/C=C(\C#N)C(=O)Nc2cccc(Cl)c2)cc(I)c1OCc1cccc(C)c1. The van der Waals surface area contributed by atoms with Crippen molar-refractivity contribution in [2.24, 2.45) is 0 Å². The van der Waals surface area contributed by atoms with Crippen LogP contribution in [0.5, 0.6) is 11.5 Å². The number of benzene rings is 3. The summed E-state index contributed by atoms with van der Waals surface area (Å²) in [6.07, 6.45) is 1.52. The van der Waals surface area contributed by atoms with Crippen molar-refractivity contribution < 1.29 is 14.3 Å². The first-order valence-electron chi connectivity index (χ1n) is 10.2. The van der Waals surface area contributed by atoms with Gasteiger partial charge in [-0.25, -0.2) is 0 Å². The standard InChI is InChI=1S/C26H22ClIN2O3/c1-3-32-24-13-19(11-20(15-29)26(31)30-22-9-5-8-21(27)14-22)12-23(28)25(24)33-16-18-7-4-6-17(2)10-18/h4-14H,3,16H2,1-2H3,(H,30,31)/b20-11+. The van der Waals surface area contributed by atoms with Crippen LogP contribution >= 0.6 is 34.2 Å². The van der Waals surface area contributed by atoms with Crippen LogP contribution in [0.15, 0.2) is 66.2 Å². The first kappa shape index (κ1) is 24.6. The number of hydrogen-bond acceptors (Lipinski definition) is 4. The minimum Gasteiger partial charge on any atom is -0.490 e. The second-order valence-corrected chi connectivity index (χ2v) is 8.77. The number of rotatable bonds is 8. The van der Waals surface area contributed by atoms with Crippen molar-refractivity contribution in [3.63, 3.8) is 0 Å². The van der Waals surface area contributed by atoms with E-state index in [0.29, 0.717) is 41.0 Å². The normalized spacial score (nSPS) is 10.9. The van der Waals surface area contributed by atoms with Gasteiger partial charge in [0.05, 0.1) is 10.2 Å². The average Bonchev–Trinajstić information content (AvgIpc) is 2.77. The number of carbonyl (C=O) groups is 1. The molecule has 0 saturated carbocycles. The topological polar surface area (TPSA) is 71.3 Å². The summed E-state index contributed by atoms with van der Waals surface area (Å²) in [6.45, 7) is 4.77. The second kappa shape index (κ2) is 11.7. The Labute approximate surface area is 212 Å². The molecule has 0 spiro atoms. The summed E-state index contributed by atoms with van der Waals surface area (Å²) in [7, 11) is 0. The molecule has 0 aliphatic carbocycles. The smallest absolute Gasteiger partial charge is 0.266 e. The molecule has 0 radical (unpaired) electrons. The molecular weight excluding hydrogens is 551 g/mol. The fourth-order valence-corrected chi connectivity index (χ4v) is 4.08. The Morgan fingerprint density at radius 3 is 2.64 bits per heavy atom. The zero-order valence-corrected chi connectivity index (χ0v) is 21.1. The van der Waals surface area contributed by atoms with E-state index in [-0.39, 0.29) is 5.57 Å². The number of halogens is 2. The third kappa shape index (κ3) is 6.98. The third-order valence-electron chi connectivity index (χ3n) is 4.56. The Hall–Kier alpha value is -3.02. The predicted octanol–water partition coefficient (Wildman–Crippen LogP) is 6.78. The van der Waals surface area contributed by atoms with Crippen molar-refractivity contribution in [3.8, 4) is 17.6 Å². The van der Waals surface area contributed by atoms with E-state index in [0.717, 1.165) is 14.7 Å². The Kier molecular flexibility index (Phi) is 8.75. The van der Waals surface area contributed by atoms with E-state index in [1.165, 1.54) is 6.08 Å². The molecule has 168 valence electrons. The van der Waals surface area contributed by atoms with Crippen LogP contribution < -0.4 is 14.8 Å². The highest BCUT2D eigenvalue weighted by Gasteiger charge is 2.15. The van der Waals surface area contributed by atoms with Crippen molar-refractivity contribution in [1.29, 1.82) is 5.26 Å². The highest BCUT2D eigenvalue weighted by Crippen LogP contribution is 2.35. The number of nitriles is 1. The highest BCUT2D eigenvalue weighted by molar-refractivity contribution is 14.1. The summed E-state index contributed by atoms with van der Waals surface area (Å²) >= 11 is 8.13. The second-order valence-electron chi connectivity index (χ2n) is 7.18. The number of amides is 1. The molecule has 33 heavy (non-hydrogen) atoms.